The molecule has 31 nitrogen and oxygen atoms in total. The minimum atomic E-state index is -0.834. The van der Waals surface area contributed by atoms with E-state index in [4.69, 9.17) is 28.2 Å². The van der Waals surface area contributed by atoms with Gasteiger partial charge in [-0.15, -0.1) is 0 Å². The van der Waals surface area contributed by atoms with E-state index in [1.807, 2.05) is 109 Å². The molecule has 0 spiro atoms. The Hall–Kier alpha value is -14.6. The third kappa shape index (κ3) is 24.5. The first-order valence-corrected chi connectivity index (χ1v) is 35.8. The molecule has 4 aliphatic rings. The summed E-state index contributed by atoms with van der Waals surface area (Å²) in [6, 6.07) is 52.3. The third-order valence-electron chi connectivity index (χ3n) is 18.7. The number of hydrogen-bond acceptors (Lipinski definition) is 21. The largest absolute Gasteiger partial charge is 0.366 e. The van der Waals surface area contributed by atoms with Crippen molar-refractivity contribution in [3.63, 3.8) is 0 Å². The highest BCUT2D eigenvalue weighted by Crippen LogP contribution is 2.37. The maximum atomic E-state index is 12.8. The molecular formula is C82H81N19O12. The van der Waals surface area contributed by atoms with E-state index in [0.29, 0.717) is 69.8 Å². The summed E-state index contributed by atoms with van der Waals surface area (Å²) in [6.45, 7) is 3.09. The number of rotatable bonds is 14. The molecule has 4 aliphatic heterocycles. The van der Waals surface area contributed by atoms with E-state index in [-0.39, 0.29) is 87.5 Å². The van der Waals surface area contributed by atoms with Crippen molar-refractivity contribution in [1.29, 1.82) is 21.0 Å². The summed E-state index contributed by atoms with van der Waals surface area (Å²) in [4.78, 5) is 162. The van der Waals surface area contributed by atoms with Crippen molar-refractivity contribution in [3.05, 3.63) is 245 Å². The molecule has 0 unspecified atom stereocenters. The molecule has 4 fully saturated rings. The van der Waals surface area contributed by atoms with E-state index < -0.39 is 70.6 Å². The summed E-state index contributed by atoms with van der Waals surface area (Å²) in [7, 11) is 0. The zero-order valence-electron chi connectivity index (χ0n) is 61.4. The number of aromatic nitrogens is 4. The molecule has 113 heavy (non-hydrogen) atoms. The maximum Gasteiger partial charge on any atom is 0.313 e. The number of hydrogen-bond donors (Lipinski definition) is 8. The summed E-state index contributed by atoms with van der Waals surface area (Å²) in [5.41, 5.74) is 26.3. The first kappa shape index (κ1) is 84.1. The third-order valence-corrected chi connectivity index (χ3v) is 18.7. The van der Waals surface area contributed by atoms with Gasteiger partial charge in [0.1, 0.15) is 0 Å². The number of pyridine rings is 4. The highest BCUT2D eigenvalue weighted by atomic mass is 16.2. The van der Waals surface area contributed by atoms with E-state index >= 15 is 0 Å². The van der Waals surface area contributed by atoms with Crippen LogP contribution in [0.15, 0.2) is 195 Å². The number of amides is 10. The van der Waals surface area contributed by atoms with E-state index in [2.05, 4.69) is 77.6 Å². The Morgan fingerprint density at radius 1 is 0.398 bits per heavy atom. The van der Waals surface area contributed by atoms with E-state index in [1.54, 1.807) is 0 Å². The Morgan fingerprint density at radius 2 is 0.690 bits per heavy atom. The summed E-state index contributed by atoms with van der Waals surface area (Å²) >= 11 is 0. The summed E-state index contributed by atoms with van der Waals surface area (Å²) in [6.07, 6.45) is 15.4. The Morgan fingerprint density at radius 3 is 0.991 bits per heavy atom. The molecule has 8 atom stereocenters. The number of nitrogens with two attached hydrogens (primary N) is 4. The second-order valence-corrected chi connectivity index (χ2v) is 26.5. The van der Waals surface area contributed by atoms with Crippen LogP contribution < -0.4 is 44.2 Å². The zero-order chi connectivity index (χ0) is 81.5. The van der Waals surface area contributed by atoms with Crippen LogP contribution in [0.2, 0.25) is 0 Å². The monoisotopic (exact) mass is 1520 g/mol. The Labute approximate surface area is 650 Å². The molecule has 4 aromatic heterocycles. The Bertz CT molecular complexity index is 4580. The molecule has 8 heterocycles. The fourth-order valence-corrected chi connectivity index (χ4v) is 12.8. The summed E-state index contributed by atoms with van der Waals surface area (Å²) < 4.78 is 0. The number of nitriles is 4. The fraction of sp³-hybridized carbons (Fsp3) is 0.268. The summed E-state index contributed by atoms with van der Waals surface area (Å²) in [5.74, 6) is -8.58. The lowest BCUT2D eigenvalue weighted by atomic mass is 9.88. The lowest BCUT2D eigenvalue weighted by molar-refractivity contribution is -0.146. The van der Waals surface area contributed by atoms with Crippen molar-refractivity contribution in [1.82, 2.24) is 40.0 Å². The van der Waals surface area contributed by atoms with Crippen molar-refractivity contribution < 1.29 is 57.5 Å². The fourth-order valence-electron chi connectivity index (χ4n) is 12.8. The van der Waals surface area contributed by atoms with Crippen LogP contribution in [0.25, 0.3) is 0 Å². The minimum Gasteiger partial charge on any atom is -0.366 e. The van der Waals surface area contributed by atoms with Crippen LogP contribution in [0.1, 0.15) is 152 Å². The number of carbonyl (C=O) groups is 12. The van der Waals surface area contributed by atoms with Crippen LogP contribution in [0, 0.1) is 69.0 Å². The molecular weight excluding hydrogens is 1440 g/mol. The van der Waals surface area contributed by atoms with Crippen molar-refractivity contribution in [2.75, 3.05) is 42.1 Å². The lowest BCUT2D eigenvalue weighted by Crippen LogP contribution is -2.46. The van der Waals surface area contributed by atoms with Gasteiger partial charge in [-0.2, -0.15) is 21.0 Å². The topological polar surface area (TPSA) is 513 Å². The van der Waals surface area contributed by atoms with Crippen LogP contribution in [0.5, 0.6) is 0 Å². The number of primary amides is 4. The van der Waals surface area contributed by atoms with Gasteiger partial charge >= 0.3 is 35.4 Å². The number of carbonyl (C=O) groups excluding carboxylic acids is 12. The number of Topliss-reactive ketones (excluding diaryl/α,β-unsaturated/α-hetero) is 2. The van der Waals surface area contributed by atoms with Crippen LogP contribution in [0.3, 0.4) is 0 Å². The predicted octanol–water partition coefficient (Wildman–Crippen LogP) is 7.00. The predicted molar refractivity (Wildman–Crippen MR) is 410 cm³/mol. The first-order valence-electron chi connectivity index (χ1n) is 35.8. The van der Waals surface area contributed by atoms with E-state index in [1.165, 1.54) is 101 Å². The maximum absolute atomic E-state index is 12.8. The SMILES string of the molecule is CC(=O)C(=O)Cc1cncc(C(N)=O)c1.N#C[C@@H]1CCN(C(=O)C(=O)Nc2cncc(C(N)=O)c2)[C@H](c2ccccc2)C1.N#C[C@@H]1CCN(C(=O)C(=O)Nc2cncc(C(N)=O)c2)[C@H](c2ccccc2)C1.N#C[C@@H]1CCN[C@H](c2ccccc2)C1.N#C[C@H]1CCN(C(=O)C(=O)Nc2cncc(C(N)=O)c2)[C@@H](c2ccccc2)C1. The second kappa shape index (κ2) is 41.7. The lowest BCUT2D eigenvalue weighted by Gasteiger charge is -2.37. The normalized spacial score (nSPS) is 18.5. The van der Waals surface area contributed by atoms with Crippen molar-refractivity contribution in [2.24, 2.45) is 46.6 Å². The molecule has 31 heteroatoms. The Kier molecular flexibility index (Phi) is 31.0. The van der Waals surface area contributed by atoms with Gasteiger partial charge in [-0.3, -0.25) is 77.5 Å². The van der Waals surface area contributed by atoms with Crippen LogP contribution in [0.4, 0.5) is 17.1 Å². The quantitative estimate of drug-likeness (QED) is 0.0508. The molecule has 0 aliphatic carbocycles. The van der Waals surface area contributed by atoms with Crippen molar-refractivity contribution >= 4 is 87.7 Å². The minimum absolute atomic E-state index is 0.0521. The van der Waals surface area contributed by atoms with Gasteiger partial charge in [-0.1, -0.05) is 121 Å². The van der Waals surface area contributed by atoms with Crippen LogP contribution in [-0.2, 0) is 44.8 Å². The number of benzene rings is 4. The molecule has 4 aromatic carbocycles. The van der Waals surface area contributed by atoms with Gasteiger partial charge in [0.15, 0.2) is 5.78 Å². The Balaban J connectivity index is 0.000000182. The number of nitrogens with zero attached hydrogens (tertiary/aromatic N) is 11. The smallest absolute Gasteiger partial charge is 0.313 e. The average Bonchev–Trinajstić information content (AvgIpc) is 0.814. The van der Waals surface area contributed by atoms with E-state index in [9.17, 15) is 73.3 Å². The second-order valence-electron chi connectivity index (χ2n) is 26.5. The number of ketones is 2. The molecule has 8 aromatic rings. The number of anilines is 3. The molecule has 0 saturated carbocycles. The van der Waals surface area contributed by atoms with Gasteiger partial charge in [0.05, 0.1) is 118 Å². The van der Waals surface area contributed by atoms with Gasteiger partial charge in [-0.05, 0) is 110 Å². The van der Waals surface area contributed by atoms with Gasteiger partial charge < -0.3 is 58.9 Å². The number of piperidine rings is 4. The van der Waals surface area contributed by atoms with Crippen molar-refractivity contribution in [3.8, 4) is 24.3 Å². The molecule has 0 bridgehead atoms. The van der Waals surface area contributed by atoms with Crippen molar-refractivity contribution in [2.45, 2.75) is 88.9 Å². The highest BCUT2D eigenvalue weighted by molar-refractivity contribution is 6.41. The molecule has 12 N–H and O–H groups in total. The van der Waals surface area contributed by atoms with Crippen LogP contribution in [-0.4, -0.2) is 131 Å². The number of likely N-dealkylation sites (tertiary alicyclic amines) is 3. The molecule has 0 radical (unpaired) electrons. The standard InChI is InChI=1S/3C20H19N5O3.C12H14N2.C10H10N2O3/c3*21-10-13-6-7-25(17(8-13)14-4-2-1-3-5-14)20(28)19(27)24-16-9-15(18(22)26)11-23-12-16;13-9-10-6-7-14-12(8-10)11-4-2-1-3-5-11;1-6(13)9(14)3-7-2-8(10(11)15)5-12-4-7/h3*1-5,9,11-13,17H,6-8H2,(H2,22,26)(H,24,27);1-5,10,12,14H,6-8H2;2,4-5H,3H2,1H3,(H2,11,15)/t3*13-,17+;10-,12+;/m1101./s1. The average molecular weight is 1520 g/mol. The first-order chi connectivity index (χ1) is 54.4. The molecule has 576 valence electrons. The highest BCUT2D eigenvalue weighted by Gasteiger charge is 2.39. The van der Waals surface area contributed by atoms with Gasteiger partial charge in [0.25, 0.3) is 0 Å². The van der Waals surface area contributed by atoms with Crippen LogP contribution >= 0.6 is 0 Å². The molecule has 10 amide bonds. The number of nitrogens with one attached hydrogen (secondary N) is 4. The van der Waals surface area contributed by atoms with Gasteiger partial charge in [0.2, 0.25) is 29.4 Å². The molecule has 12 rings (SSSR count). The molecule has 4 saturated heterocycles. The summed E-state index contributed by atoms with van der Waals surface area (Å²) in [5, 5.41) is 47.6. The zero-order valence-corrected chi connectivity index (χ0v) is 61.4. The van der Waals surface area contributed by atoms with Gasteiger partial charge in [-0.25, -0.2) is 0 Å². The van der Waals surface area contributed by atoms with E-state index in [0.717, 1.165) is 36.1 Å². The van der Waals surface area contributed by atoms with Gasteiger partial charge in [0, 0.05) is 75.9 Å².